The Kier molecular flexibility index (Phi) is 4.38. The summed E-state index contributed by atoms with van der Waals surface area (Å²) in [4.78, 5) is 8.76. The molecule has 1 aromatic rings. The number of rotatable bonds is 5. The van der Waals surface area contributed by atoms with Crippen molar-refractivity contribution in [3.8, 4) is 0 Å². The van der Waals surface area contributed by atoms with Gasteiger partial charge in [-0.15, -0.1) is 0 Å². The Morgan fingerprint density at radius 2 is 2.33 bits per heavy atom. The van der Waals surface area contributed by atoms with E-state index < -0.39 is 0 Å². The number of hydrogen-bond donors (Lipinski definition) is 2. The third-order valence-electron chi connectivity index (χ3n) is 3.94. The minimum atomic E-state index is 0.345. The number of aryl methyl sites for hydroxylation is 1. The van der Waals surface area contributed by atoms with Crippen molar-refractivity contribution in [3.05, 3.63) is 11.7 Å². The van der Waals surface area contributed by atoms with Gasteiger partial charge in [-0.25, -0.2) is 0 Å². The molecule has 3 unspecified atom stereocenters. The molecule has 0 spiro atoms. The fourth-order valence-corrected chi connectivity index (χ4v) is 2.99. The van der Waals surface area contributed by atoms with E-state index in [1.165, 1.54) is 6.42 Å². The van der Waals surface area contributed by atoms with Crippen LogP contribution in [0.15, 0.2) is 9.52 Å². The maximum atomic E-state index is 5.86. The first-order valence-corrected chi connectivity index (χ1v) is 7.74. The lowest BCUT2D eigenvalue weighted by atomic mass is 9.96. The molecule has 2 bridgehead atoms. The van der Waals surface area contributed by atoms with Crippen molar-refractivity contribution in [2.75, 3.05) is 13.1 Å². The lowest BCUT2D eigenvalue weighted by Gasteiger charge is -2.22. The number of nitrogens with one attached hydrogen (secondary N) is 2. The Balaban J connectivity index is 1.52. The topological polar surface area (TPSA) is 84.6 Å². The summed E-state index contributed by atoms with van der Waals surface area (Å²) in [6.07, 6.45) is 4.88. The number of nitrogens with zero attached hydrogens (tertiary/aromatic N) is 3. The van der Waals surface area contributed by atoms with Crippen molar-refractivity contribution in [3.63, 3.8) is 0 Å². The van der Waals surface area contributed by atoms with E-state index in [0.29, 0.717) is 42.9 Å². The Bertz CT molecular complexity index is 501. The summed E-state index contributed by atoms with van der Waals surface area (Å²) in [6, 6.07) is 0.382. The average molecular weight is 293 g/mol. The first-order chi connectivity index (χ1) is 10.2. The highest BCUT2D eigenvalue weighted by atomic mass is 16.5. The van der Waals surface area contributed by atoms with E-state index in [-0.39, 0.29) is 0 Å². The van der Waals surface area contributed by atoms with Gasteiger partial charge in [0.2, 0.25) is 5.89 Å². The Morgan fingerprint density at radius 3 is 2.95 bits per heavy atom. The standard InChI is InChI=1S/C14H23N5O2/c1-3-15-14(16-7-6-13-17-9(2)19-21-13)18-11-8-10-4-5-12(11)20-10/h10-12H,3-8H2,1-2H3,(H2,15,16,18). The van der Waals surface area contributed by atoms with Crippen LogP contribution in [-0.4, -0.2) is 47.4 Å². The molecule has 0 aromatic carbocycles. The number of aromatic nitrogens is 2. The van der Waals surface area contributed by atoms with Gasteiger partial charge in [0.25, 0.3) is 0 Å². The van der Waals surface area contributed by atoms with Gasteiger partial charge in [-0.3, -0.25) is 4.99 Å². The molecule has 3 atom stereocenters. The third kappa shape index (κ3) is 3.53. The molecule has 7 nitrogen and oxygen atoms in total. The van der Waals surface area contributed by atoms with Crippen LogP contribution in [0.3, 0.4) is 0 Å². The first-order valence-electron chi connectivity index (χ1n) is 7.74. The molecule has 116 valence electrons. The molecule has 1 aromatic heterocycles. The Labute approximate surface area is 124 Å². The number of ether oxygens (including phenoxy) is 1. The van der Waals surface area contributed by atoms with E-state index in [9.17, 15) is 0 Å². The zero-order valence-corrected chi connectivity index (χ0v) is 12.6. The van der Waals surface area contributed by atoms with Crippen LogP contribution < -0.4 is 10.6 Å². The highest BCUT2D eigenvalue weighted by Crippen LogP contribution is 2.34. The fraction of sp³-hybridized carbons (Fsp3) is 0.786. The molecular weight excluding hydrogens is 270 g/mol. The number of fused-ring (bicyclic) bond motifs is 2. The molecule has 21 heavy (non-hydrogen) atoms. The molecule has 0 saturated carbocycles. The van der Waals surface area contributed by atoms with Crippen molar-refractivity contribution in [1.82, 2.24) is 20.8 Å². The Morgan fingerprint density at radius 1 is 1.43 bits per heavy atom. The lowest BCUT2D eigenvalue weighted by Crippen LogP contribution is -2.47. The van der Waals surface area contributed by atoms with Gasteiger partial charge in [0.1, 0.15) is 0 Å². The lowest BCUT2D eigenvalue weighted by molar-refractivity contribution is 0.0992. The predicted molar refractivity (Wildman–Crippen MR) is 78.2 cm³/mol. The van der Waals surface area contributed by atoms with Crippen LogP contribution in [0.25, 0.3) is 0 Å². The van der Waals surface area contributed by atoms with E-state index in [0.717, 1.165) is 25.3 Å². The summed E-state index contributed by atoms with van der Waals surface area (Å²) in [5.41, 5.74) is 0. The molecule has 3 heterocycles. The predicted octanol–water partition coefficient (Wildman–Crippen LogP) is 0.796. The van der Waals surface area contributed by atoms with Gasteiger partial charge in [0.15, 0.2) is 11.8 Å². The smallest absolute Gasteiger partial charge is 0.228 e. The third-order valence-corrected chi connectivity index (χ3v) is 3.94. The van der Waals surface area contributed by atoms with Gasteiger partial charge in [0, 0.05) is 13.0 Å². The SMILES string of the molecule is CCNC(=NCCc1nc(C)no1)NC1CC2CCC1O2. The highest BCUT2D eigenvalue weighted by molar-refractivity contribution is 5.80. The molecule has 2 N–H and O–H groups in total. The molecule has 0 aliphatic carbocycles. The van der Waals surface area contributed by atoms with Crippen LogP contribution in [0.2, 0.25) is 0 Å². The van der Waals surface area contributed by atoms with Gasteiger partial charge >= 0.3 is 0 Å². The summed E-state index contributed by atoms with van der Waals surface area (Å²) in [6.45, 7) is 5.35. The second-order valence-corrected chi connectivity index (χ2v) is 5.61. The summed E-state index contributed by atoms with van der Waals surface area (Å²) < 4.78 is 11.0. The zero-order valence-electron chi connectivity index (χ0n) is 12.6. The fourth-order valence-electron chi connectivity index (χ4n) is 2.99. The molecule has 0 amide bonds. The highest BCUT2D eigenvalue weighted by Gasteiger charge is 2.41. The van der Waals surface area contributed by atoms with Crippen molar-refractivity contribution in [1.29, 1.82) is 0 Å². The molecule has 0 radical (unpaired) electrons. The van der Waals surface area contributed by atoms with E-state index in [1.807, 2.05) is 6.92 Å². The van der Waals surface area contributed by atoms with Crippen LogP contribution in [0, 0.1) is 6.92 Å². The van der Waals surface area contributed by atoms with Crippen LogP contribution in [0.1, 0.15) is 37.9 Å². The summed E-state index contributed by atoms with van der Waals surface area (Å²) in [5.74, 6) is 2.14. The van der Waals surface area contributed by atoms with Crippen LogP contribution in [0.5, 0.6) is 0 Å². The van der Waals surface area contributed by atoms with Gasteiger partial charge in [0.05, 0.1) is 24.8 Å². The second kappa shape index (κ2) is 6.43. The number of hydrogen-bond acceptors (Lipinski definition) is 5. The summed E-state index contributed by atoms with van der Waals surface area (Å²) >= 11 is 0. The zero-order chi connectivity index (χ0) is 14.7. The molecule has 2 saturated heterocycles. The van der Waals surface area contributed by atoms with Crippen molar-refractivity contribution in [2.24, 2.45) is 4.99 Å². The molecule has 7 heteroatoms. The van der Waals surface area contributed by atoms with E-state index in [4.69, 9.17) is 9.26 Å². The van der Waals surface area contributed by atoms with Crippen LogP contribution in [0.4, 0.5) is 0 Å². The van der Waals surface area contributed by atoms with E-state index >= 15 is 0 Å². The minimum absolute atomic E-state index is 0.345. The van der Waals surface area contributed by atoms with E-state index in [2.05, 4.69) is 32.7 Å². The summed E-state index contributed by atoms with van der Waals surface area (Å²) in [5, 5.41) is 10.5. The molecule has 2 aliphatic heterocycles. The largest absolute Gasteiger partial charge is 0.373 e. The van der Waals surface area contributed by atoms with Crippen LogP contribution in [-0.2, 0) is 11.2 Å². The Hall–Kier alpha value is -1.63. The van der Waals surface area contributed by atoms with Gasteiger partial charge in [-0.2, -0.15) is 4.98 Å². The van der Waals surface area contributed by atoms with Gasteiger partial charge < -0.3 is 19.9 Å². The van der Waals surface area contributed by atoms with Crippen molar-refractivity contribution >= 4 is 5.96 Å². The molecule has 3 rings (SSSR count). The second-order valence-electron chi connectivity index (χ2n) is 5.61. The van der Waals surface area contributed by atoms with E-state index in [1.54, 1.807) is 0 Å². The van der Waals surface area contributed by atoms with Gasteiger partial charge in [-0.05, 0) is 33.1 Å². The quantitative estimate of drug-likeness (QED) is 0.617. The number of guanidine groups is 1. The minimum Gasteiger partial charge on any atom is -0.373 e. The normalized spacial score (nSPS) is 28.1. The maximum absolute atomic E-state index is 5.86. The monoisotopic (exact) mass is 293 g/mol. The maximum Gasteiger partial charge on any atom is 0.228 e. The van der Waals surface area contributed by atoms with Gasteiger partial charge in [-0.1, -0.05) is 5.16 Å². The molecular formula is C14H23N5O2. The first kappa shape index (κ1) is 14.3. The van der Waals surface area contributed by atoms with Crippen molar-refractivity contribution < 1.29 is 9.26 Å². The molecule has 2 fully saturated rings. The summed E-state index contributed by atoms with van der Waals surface area (Å²) in [7, 11) is 0. The average Bonchev–Trinajstić information content (AvgIpc) is 3.16. The number of aliphatic imine (C=N–C) groups is 1. The van der Waals surface area contributed by atoms with Crippen molar-refractivity contribution in [2.45, 2.75) is 57.8 Å². The molecule has 2 aliphatic rings. The van der Waals surface area contributed by atoms with Crippen LogP contribution >= 0.6 is 0 Å².